The maximum absolute atomic E-state index is 12.7. The normalized spacial score (nSPS) is 13.6. The third kappa shape index (κ3) is 2.50. The zero-order chi connectivity index (χ0) is 16.5. The molecule has 0 aliphatic carbocycles. The molecule has 0 unspecified atom stereocenters. The third-order valence-corrected chi connectivity index (χ3v) is 4.24. The highest BCUT2D eigenvalue weighted by molar-refractivity contribution is 5.94. The lowest BCUT2D eigenvalue weighted by Gasteiger charge is -2.27. The molecule has 2 aromatic heterocycles. The molecular formula is C17H15N5O2. The summed E-state index contributed by atoms with van der Waals surface area (Å²) in [4.78, 5) is 32.9. The molecule has 1 aromatic carbocycles. The van der Waals surface area contributed by atoms with Crippen LogP contribution in [0.3, 0.4) is 0 Å². The van der Waals surface area contributed by atoms with E-state index in [1.54, 1.807) is 23.2 Å². The van der Waals surface area contributed by atoms with Crippen molar-refractivity contribution in [2.45, 2.75) is 13.0 Å². The van der Waals surface area contributed by atoms with Gasteiger partial charge in [0, 0.05) is 23.9 Å². The number of carbonyl (C=O) groups excluding carboxylic acids is 1. The lowest BCUT2D eigenvalue weighted by atomic mass is 10.0. The second-order valence-corrected chi connectivity index (χ2v) is 5.68. The first-order valence-electron chi connectivity index (χ1n) is 7.67. The Kier molecular flexibility index (Phi) is 3.45. The zero-order valence-electron chi connectivity index (χ0n) is 12.8. The Morgan fingerprint density at radius 3 is 2.75 bits per heavy atom. The molecule has 0 fully saturated rings. The van der Waals surface area contributed by atoms with Crippen LogP contribution in [0.25, 0.3) is 11.3 Å². The standard InChI is InChI=1S/C17H15N5O2/c23-16-13-6-8-22(9-15(13)18-10-19-16)17(24)12-3-1-11(2-4-12)14-5-7-20-21-14/h1-5,7,10H,6,8-9H2,(H,20,21)(H,18,19,23). The van der Waals surface area contributed by atoms with Crippen LogP contribution >= 0.6 is 0 Å². The Labute approximate surface area is 137 Å². The number of nitrogens with zero attached hydrogens (tertiary/aromatic N) is 3. The fourth-order valence-corrected chi connectivity index (χ4v) is 2.93. The number of hydrogen-bond donors (Lipinski definition) is 2. The number of amides is 1. The molecular weight excluding hydrogens is 306 g/mol. The van der Waals surface area contributed by atoms with E-state index < -0.39 is 0 Å². The molecule has 120 valence electrons. The van der Waals surface area contributed by atoms with E-state index in [2.05, 4.69) is 20.2 Å². The number of nitrogens with one attached hydrogen (secondary N) is 2. The Morgan fingerprint density at radius 2 is 2.00 bits per heavy atom. The van der Waals surface area contributed by atoms with E-state index >= 15 is 0 Å². The quantitative estimate of drug-likeness (QED) is 0.745. The van der Waals surface area contributed by atoms with Crippen molar-refractivity contribution in [2.75, 3.05) is 6.54 Å². The van der Waals surface area contributed by atoms with Crippen molar-refractivity contribution in [3.8, 4) is 11.3 Å². The highest BCUT2D eigenvalue weighted by Crippen LogP contribution is 2.19. The van der Waals surface area contributed by atoms with Gasteiger partial charge in [0.15, 0.2) is 0 Å². The van der Waals surface area contributed by atoms with E-state index in [9.17, 15) is 9.59 Å². The highest BCUT2D eigenvalue weighted by atomic mass is 16.2. The van der Waals surface area contributed by atoms with Gasteiger partial charge in [0.2, 0.25) is 0 Å². The highest BCUT2D eigenvalue weighted by Gasteiger charge is 2.24. The van der Waals surface area contributed by atoms with Crippen molar-refractivity contribution in [3.05, 3.63) is 70.0 Å². The number of rotatable bonds is 2. The SMILES string of the molecule is O=C(c1ccc(-c2ccn[nH]2)cc1)N1CCc2c(nc[nH]c2=O)C1. The van der Waals surface area contributed by atoms with Crippen molar-refractivity contribution >= 4 is 5.91 Å². The largest absolute Gasteiger partial charge is 0.332 e. The molecule has 0 bridgehead atoms. The molecule has 24 heavy (non-hydrogen) atoms. The Bertz CT molecular complexity index is 928. The molecule has 0 spiro atoms. The van der Waals surface area contributed by atoms with Crippen LogP contribution in [0, 0.1) is 0 Å². The lowest BCUT2D eigenvalue weighted by molar-refractivity contribution is 0.0731. The van der Waals surface area contributed by atoms with Gasteiger partial charge in [-0.2, -0.15) is 5.10 Å². The summed E-state index contributed by atoms with van der Waals surface area (Å²) in [5.74, 6) is -0.0566. The van der Waals surface area contributed by atoms with Crippen LogP contribution in [0.5, 0.6) is 0 Å². The predicted octanol–water partition coefficient (Wildman–Crippen LogP) is 1.36. The molecule has 4 rings (SSSR count). The molecule has 0 atom stereocenters. The summed E-state index contributed by atoms with van der Waals surface area (Å²) in [6.45, 7) is 0.878. The van der Waals surface area contributed by atoms with E-state index in [0.717, 1.165) is 11.3 Å². The van der Waals surface area contributed by atoms with Gasteiger partial charge in [-0.15, -0.1) is 0 Å². The molecule has 1 amide bonds. The maximum Gasteiger partial charge on any atom is 0.254 e. The summed E-state index contributed by atoms with van der Waals surface area (Å²) in [6, 6.07) is 9.27. The van der Waals surface area contributed by atoms with Gasteiger partial charge in [0.1, 0.15) is 0 Å². The van der Waals surface area contributed by atoms with Crippen molar-refractivity contribution in [2.24, 2.45) is 0 Å². The first-order chi connectivity index (χ1) is 11.7. The topological polar surface area (TPSA) is 94.7 Å². The molecule has 1 aliphatic rings. The third-order valence-electron chi connectivity index (χ3n) is 4.24. The monoisotopic (exact) mass is 321 g/mol. The van der Waals surface area contributed by atoms with Crippen LogP contribution in [0.4, 0.5) is 0 Å². The number of fused-ring (bicyclic) bond motifs is 1. The van der Waals surface area contributed by atoms with Crippen molar-refractivity contribution < 1.29 is 4.79 Å². The minimum Gasteiger partial charge on any atom is -0.332 e. The molecule has 3 heterocycles. The van der Waals surface area contributed by atoms with E-state index in [0.29, 0.717) is 36.3 Å². The average molecular weight is 321 g/mol. The van der Waals surface area contributed by atoms with Crippen LogP contribution < -0.4 is 5.56 Å². The smallest absolute Gasteiger partial charge is 0.254 e. The Morgan fingerprint density at radius 1 is 1.17 bits per heavy atom. The number of benzene rings is 1. The second-order valence-electron chi connectivity index (χ2n) is 5.68. The van der Waals surface area contributed by atoms with Crippen LogP contribution in [0.15, 0.2) is 47.7 Å². The van der Waals surface area contributed by atoms with Crippen LogP contribution in [-0.2, 0) is 13.0 Å². The molecule has 0 saturated carbocycles. The van der Waals surface area contributed by atoms with Gasteiger partial charge in [-0.3, -0.25) is 14.7 Å². The summed E-state index contributed by atoms with van der Waals surface area (Å²) in [6.07, 6.45) is 3.60. The van der Waals surface area contributed by atoms with Crippen molar-refractivity contribution in [1.29, 1.82) is 0 Å². The molecule has 1 aliphatic heterocycles. The molecule has 0 radical (unpaired) electrons. The second kappa shape index (κ2) is 5.77. The van der Waals surface area contributed by atoms with Gasteiger partial charge >= 0.3 is 0 Å². The summed E-state index contributed by atoms with van der Waals surface area (Å²) in [5, 5.41) is 6.82. The van der Waals surface area contributed by atoms with E-state index in [-0.39, 0.29) is 11.5 Å². The van der Waals surface area contributed by atoms with Gasteiger partial charge in [0.05, 0.1) is 24.3 Å². The molecule has 3 aromatic rings. The first-order valence-corrected chi connectivity index (χ1v) is 7.67. The van der Waals surface area contributed by atoms with Gasteiger partial charge < -0.3 is 9.88 Å². The number of hydrogen-bond acceptors (Lipinski definition) is 4. The van der Waals surface area contributed by atoms with Crippen molar-refractivity contribution in [1.82, 2.24) is 25.1 Å². The minimum absolute atomic E-state index is 0.0566. The Balaban J connectivity index is 1.55. The summed E-state index contributed by atoms with van der Waals surface area (Å²) in [7, 11) is 0. The average Bonchev–Trinajstić information content (AvgIpc) is 3.16. The van der Waals surface area contributed by atoms with E-state index in [1.165, 1.54) is 6.33 Å². The lowest BCUT2D eigenvalue weighted by Crippen LogP contribution is -2.38. The molecule has 7 nitrogen and oxygen atoms in total. The maximum atomic E-state index is 12.7. The van der Waals surface area contributed by atoms with Gasteiger partial charge in [-0.05, 0) is 30.2 Å². The van der Waals surface area contributed by atoms with Gasteiger partial charge in [-0.25, -0.2) is 4.98 Å². The first kappa shape index (κ1) is 14.4. The Hall–Kier alpha value is -3.22. The number of aromatic amines is 2. The fraction of sp³-hybridized carbons (Fsp3) is 0.176. The summed E-state index contributed by atoms with van der Waals surface area (Å²) in [5.41, 5.74) is 3.73. The molecule has 0 saturated heterocycles. The summed E-state index contributed by atoms with van der Waals surface area (Å²) >= 11 is 0. The molecule has 7 heteroatoms. The van der Waals surface area contributed by atoms with Crippen LogP contribution in [0.1, 0.15) is 21.6 Å². The fourth-order valence-electron chi connectivity index (χ4n) is 2.93. The van der Waals surface area contributed by atoms with Crippen LogP contribution in [0.2, 0.25) is 0 Å². The van der Waals surface area contributed by atoms with Crippen molar-refractivity contribution in [3.63, 3.8) is 0 Å². The van der Waals surface area contributed by atoms with Gasteiger partial charge in [-0.1, -0.05) is 12.1 Å². The number of H-pyrrole nitrogens is 2. The zero-order valence-corrected chi connectivity index (χ0v) is 12.8. The summed E-state index contributed by atoms with van der Waals surface area (Å²) < 4.78 is 0. The van der Waals surface area contributed by atoms with E-state index in [1.807, 2.05) is 18.2 Å². The number of aromatic nitrogens is 4. The van der Waals surface area contributed by atoms with E-state index in [4.69, 9.17) is 0 Å². The van der Waals surface area contributed by atoms with Crippen LogP contribution in [-0.4, -0.2) is 37.5 Å². The minimum atomic E-state index is -0.115. The number of carbonyl (C=O) groups is 1. The van der Waals surface area contributed by atoms with Gasteiger partial charge in [0.25, 0.3) is 11.5 Å². The predicted molar refractivity (Wildman–Crippen MR) is 87.3 cm³/mol. The molecule has 2 N–H and O–H groups in total.